The third-order valence-electron chi connectivity index (χ3n) is 4.36. The molecule has 0 radical (unpaired) electrons. The highest BCUT2D eigenvalue weighted by Crippen LogP contribution is 2.17. The fraction of sp³-hybridized carbons (Fsp3) is 0.421. The predicted molar refractivity (Wildman–Crippen MR) is 98.9 cm³/mol. The molecule has 2 aromatic rings. The van der Waals surface area contributed by atoms with Crippen LogP contribution in [0.5, 0.6) is 0 Å². The van der Waals surface area contributed by atoms with Gasteiger partial charge in [-0.3, -0.25) is 14.2 Å². The summed E-state index contributed by atoms with van der Waals surface area (Å²) in [6, 6.07) is 11.1. The quantitative estimate of drug-likeness (QED) is 0.809. The lowest BCUT2D eigenvalue weighted by Crippen LogP contribution is -2.36. The van der Waals surface area contributed by atoms with E-state index in [9.17, 15) is 9.59 Å². The predicted octanol–water partition coefficient (Wildman–Crippen LogP) is 1.31. The van der Waals surface area contributed by atoms with E-state index in [1.165, 1.54) is 10.6 Å². The van der Waals surface area contributed by atoms with E-state index in [0.29, 0.717) is 18.2 Å². The summed E-state index contributed by atoms with van der Waals surface area (Å²) in [6.45, 7) is 2.35. The number of anilines is 1. The lowest BCUT2D eigenvalue weighted by molar-refractivity contribution is -0.121. The van der Waals surface area contributed by atoms with E-state index in [0.717, 1.165) is 31.5 Å². The van der Waals surface area contributed by atoms with Crippen LogP contribution in [-0.2, 0) is 29.2 Å². The summed E-state index contributed by atoms with van der Waals surface area (Å²) in [5.74, 6) is 0.342. The van der Waals surface area contributed by atoms with Gasteiger partial charge in [0.25, 0.3) is 5.56 Å². The average Bonchev–Trinajstić information content (AvgIpc) is 3.18. The highest BCUT2D eigenvalue weighted by molar-refractivity contribution is 5.76. The molecular weight excluding hydrogens is 332 g/mol. The molecule has 138 valence electrons. The van der Waals surface area contributed by atoms with Gasteiger partial charge >= 0.3 is 0 Å². The van der Waals surface area contributed by atoms with E-state index >= 15 is 0 Å². The Labute approximate surface area is 152 Å². The summed E-state index contributed by atoms with van der Waals surface area (Å²) in [5.41, 5.74) is 1.37. The van der Waals surface area contributed by atoms with E-state index in [1.807, 2.05) is 30.3 Å². The van der Waals surface area contributed by atoms with E-state index in [4.69, 9.17) is 4.74 Å². The third kappa shape index (κ3) is 4.49. The van der Waals surface area contributed by atoms with Crippen LogP contribution in [0.3, 0.4) is 0 Å². The summed E-state index contributed by atoms with van der Waals surface area (Å²) in [7, 11) is 1.57. The number of aromatic nitrogens is 2. The molecule has 0 unspecified atom stereocenters. The molecule has 3 rings (SSSR count). The summed E-state index contributed by atoms with van der Waals surface area (Å²) >= 11 is 0. The van der Waals surface area contributed by atoms with Gasteiger partial charge in [-0.05, 0) is 18.4 Å². The molecule has 1 amide bonds. The molecule has 1 aliphatic rings. The van der Waals surface area contributed by atoms with Crippen LogP contribution >= 0.6 is 0 Å². The summed E-state index contributed by atoms with van der Waals surface area (Å²) in [6.07, 6.45) is 2.12. The molecule has 0 saturated carbocycles. The van der Waals surface area contributed by atoms with Crippen LogP contribution in [0.15, 0.2) is 41.2 Å². The van der Waals surface area contributed by atoms with Gasteiger partial charge in [0.2, 0.25) is 11.9 Å². The SMILES string of the molecule is COCc1cc(=O)n(CC(=O)NCc2ccccc2)c(N2CCCC2)n1. The number of rotatable bonds is 7. The molecule has 0 atom stereocenters. The van der Waals surface area contributed by atoms with Crippen molar-refractivity contribution in [2.45, 2.75) is 32.5 Å². The van der Waals surface area contributed by atoms with Crippen molar-refractivity contribution in [3.8, 4) is 0 Å². The first-order chi connectivity index (χ1) is 12.7. The summed E-state index contributed by atoms with van der Waals surface area (Å²) < 4.78 is 6.55. The lowest BCUT2D eigenvalue weighted by Gasteiger charge is -2.21. The van der Waals surface area contributed by atoms with Crippen LogP contribution in [0.25, 0.3) is 0 Å². The Morgan fingerprint density at radius 2 is 1.96 bits per heavy atom. The number of ether oxygens (including phenoxy) is 1. The molecule has 26 heavy (non-hydrogen) atoms. The van der Waals surface area contributed by atoms with E-state index in [2.05, 4.69) is 15.2 Å². The average molecular weight is 356 g/mol. The second kappa shape index (κ2) is 8.62. The molecule has 2 heterocycles. The zero-order valence-corrected chi connectivity index (χ0v) is 15.0. The maximum atomic E-state index is 12.6. The zero-order valence-electron chi connectivity index (χ0n) is 15.0. The monoisotopic (exact) mass is 356 g/mol. The minimum atomic E-state index is -0.233. The third-order valence-corrected chi connectivity index (χ3v) is 4.36. The van der Waals surface area contributed by atoms with Gasteiger partial charge in [-0.15, -0.1) is 0 Å². The largest absolute Gasteiger partial charge is 0.378 e. The first-order valence-corrected chi connectivity index (χ1v) is 8.82. The molecule has 7 heteroatoms. The molecule has 1 aromatic heterocycles. The molecule has 1 saturated heterocycles. The number of hydrogen-bond acceptors (Lipinski definition) is 5. The van der Waals surface area contributed by atoms with Crippen LogP contribution in [0.4, 0.5) is 5.95 Å². The van der Waals surface area contributed by atoms with Crippen molar-refractivity contribution in [2.75, 3.05) is 25.1 Å². The maximum Gasteiger partial charge on any atom is 0.255 e. The van der Waals surface area contributed by atoms with Crippen molar-refractivity contribution >= 4 is 11.9 Å². The Balaban J connectivity index is 1.76. The fourth-order valence-electron chi connectivity index (χ4n) is 3.07. The maximum absolute atomic E-state index is 12.6. The molecule has 1 N–H and O–H groups in total. The molecule has 1 aliphatic heterocycles. The topological polar surface area (TPSA) is 76.5 Å². The Bertz CT molecular complexity index is 798. The number of carbonyl (C=O) groups is 1. The number of carbonyl (C=O) groups excluding carboxylic acids is 1. The van der Waals surface area contributed by atoms with Crippen LogP contribution in [0, 0.1) is 0 Å². The number of nitrogens with one attached hydrogen (secondary N) is 1. The molecule has 0 bridgehead atoms. The van der Waals surface area contributed by atoms with Gasteiger partial charge in [-0.25, -0.2) is 4.98 Å². The van der Waals surface area contributed by atoms with Crippen LogP contribution in [0.2, 0.25) is 0 Å². The highest BCUT2D eigenvalue weighted by atomic mass is 16.5. The fourth-order valence-corrected chi connectivity index (χ4v) is 3.07. The first kappa shape index (κ1) is 18.1. The Morgan fingerprint density at radius 1 is 1.23 bits per heavy atom. The molecule has 0 aliphatic carbocycles. The van der Waals surface area contributed by atoms with Crippen molar-refractivity contribution < 1.29 is 9.53 Å². The minimum absolute atomic E-state index is 0.0439. The van der Waals surface area contributed by atoms with Gasteiger partial charge in [0.15, 0.2) is 0 Å². The Morgan fingerprint density at radius 3 is 2.65 bits per heavy atom. The van der Waals surface area contributed by atoms with E-state index in [-0.39, 0.29) is 24.6 Å². The van der Waals surface area contributed by atoms with Crippen molar-refractivity contribution in [1.29, 1.82) is 0 Å². The highest BCUT2D eigenvalue weighted by Gasteiger charge is 2.20. The van der Waals surface area contributed by atoms with Crippen molar-refractivity contribution in [2.24, 2.45) is 0 Å². The first-order valence-electron chi connectivity index (χ1n) is 8.82. The van der Waals surface area contributed by atoms with Crippen molar-refractivity contribution in [3.63, 3.8) is 0 Å². The second-order valence-corrected chi connectivity index (χ2v) is 6.36. The van der Waals surface area contributed by atoms with Gasteiger partial charge < -0.3 is 15.0 Å². The van der Waals surface area contributed by atoms with Crippen LogP contribution < -0.4 is 15.8 Å². The molecule has 7 nitrogen and oxygen atoms in total. The standard InChI is InChI=1S/C19H24N4O3/c1-26-14-16-11-18(25)23(19(21-16)22-9-5-6-10-22)13-17(24)20-12-15-7-3-2-4-8-15/h2-4,7-8,11H,5-6,9-10,12-14H2,1H3,(H,20,24). The number of hydrogen-bond donors (Lipinski definition) is 1. The van der Waals surface area contributed by atoms with Gasteiger partial charge in [0, 0.05) is 32.8 Å². The summed E-state index contributed by atoms with van der Waals surface area (Å²) in [5, 5.41) is 2.86. The zero-order chi connectivity index (χ0) is 18.4. The molecule has 0 spiro atoms. The van der Waals surface area contributed by atoms with Crippen molar-refractivity contribution in [3.05, 3.63) is 58.0 Å². The lowest BCUT2D eigenvalue weighted by atomic mass is 10.2. The van der Waals surface area contributed by atoms with Gasteiger partial charge in [0.1, 0.15) is 6.54 Å². The van der Waals surface area contributed by atoms with Gasteiger partial charge in [-0.2, -0.15) is 0 Å². The number of amides is 1. The number of nitrogens with zero attached hydrogens (tertiary/aromatic N) is 3. The van der Waals surface area contributed by atoms with Crippen LogP contribution in [0.1, 0.15) is 24.1 Å². The smallest absolute Gasteiger partial charge is 0.255 e. The number of methoxy groups -OCH3 is 1. The number of benzene rings is 1. The minimum Gasteiger partial charge on any atom is -0.378 e. The molecular formula is C19H24N4O3. The van der Waals surface area contributed by atoms with E-state index in [1.54, 1.807) is 7.11 Å². The van der Waals surface area contributed by atoms with Gasteiger partial charge in [-0.1, -0.05) is 30.3 Å². The Hall–Kier alpha value is -2.67. The normalized spacial score (nSPS) is 13.8. The van der Waals surface area contributed by atoms with Crippen molar-refractivity contribution in [1.82, 2.24) is 14.9 Å². The molecule has 1 aromatic carbocycles. The Kier molecular flexibility index (Phi) is 6.01. The summed E-state index contributed by atoms with van der Waals surface area (Å²) in [4.78, 5) is 31.6. The van der Waals surface area contributed by atoms with Gasteiger partial charge in [0.05, 0.1) is 12.3 Å². The second-order valence-electron chi connectivity index (χ2n) is 6.36. The molecule has 1 fully saturated rings. The van der Waals surface area contributed by atoms with Crippen LogP contribution in [-0.4, -0.2) is 35.7 Å². The van der Waals surface area contributed by atoms with E-state index < -0.39 is 0 Å².